The smallest absolute Gasteiger partial charge is 0.0230 e. The lowest BCUT2D eigenvalue weighted by molar-refractivity contribution is 0.313. The SMILES string of the molecule is Cc1ccc(CN(C)CCCCNC(C)(C)C)cc1. The van der Waals surface area contributed by atoms with Crippen molar-refractivity contribution in [1.82, 2.24) is 10.2 Å². The molecule has 0 heterocycles. The third-order valence-electron chi connectivity index (χ3n) is 3.20. The predicted octanol–water partition coefficient (Wildman–Crippen LogP) is 3.60. The molecule has 0 saturated heterocycles. The Balaban J connectivity index is 2.14. The van der Waals surface area contributed by atoms with E-state index < -0.39 is 0 Å². The van der Waals surface area contributed by atoms with Gasteiger partial charge in [0.25, 0.3) is 0 Å². The summed E-state index contributed by atoms with van der Waals surface area (Å²) in [5, 5.41) is 3.53. The monoisotopic (exact) mass is 262 g/mol. The molecule has 0 fully saturated rings. The van der Waals surface area contributed by atoms with Crippen molar-refractivity contribution in [3.8, 4) is 0 Å². The number of hydrogen-bond donors (Lipinski definition) is 1. The van der Waals surface area contributed by atoms with Crippen LogP contribution in [0.4, 0.5) is 0 Å². The molecule has 1 N–H and O–H groups in total. The van der Waals surface area contributed by atoms with Crippen molar-refractivity contribution in [2.45, 2.75) is 52.6 Å². The molecule has 0 aliphatic heterocycles. The van der Waals surface area contributed by atoms with E-state index in [4.69, 9.17) is 0 Å². The third-order valence-corrected chi connectivity index (χ3v) is 3.20. The van der Waals surface area contributed by atoms with Gasteiger partial charge in [-0.3, -0.25) is 0 Å². The van der Waals surface area contributed by atoms with Gasteiger partial charge in [0.05, 0.1) is 0 Å². The molecule has 0 saturated carbocycles. The number of rotatable bonds is 7. The molecule has 19 heavy (non-hydrogen) atoms. The Hall–Kier alpha value is -0.860. The van der Waals surface area contributed by atoms with Crippen molar-refractivity contribution in [2.75, 3.05) is 20.1 Å². The lowest BCUT2D eigenvalue weighted by Gasteiger charge is -2.21. The molecule has 0 aromatic heterocycles. The zero-order chi connectivity index (χ0) is 14.3. The van der Waals surface area contributed by atoms with Crippen LogP contribution in [0.3, 0.4) is 0 Å². The van der Waals surface area contributed by atoms with Gasteiger partial charge in [-0.15, -0.1) is 0 Å². The van der Waals surface area contributed by atoms with E-state index in [0.717, 1.165) is 13.1 Å². The molecule has 0 radical (unpaired) electrons. The van der Waals surface area contributed by atoms with E-state index in [1.807, 2.05) is 0 Å². The van der Waals surface area contributed by atoms with Gasteiger partial charge in [0.15, 0.2) is 0 Å². The first kappa shape index (κ1) is 16.2. The van der Waals surface area contributed by atoms with E-state index in [9.17, 15) is 0 Å². The zero-order valence-electron chi connectivity index (χ0n) is 13.3. The van der Waals surface area contributed by atoms with Crippen molar-refractivity contribution in [2.24, 2.45) is 0 Å². The summed E-state index contributed by atoms with van der Waals surface area (Å²) < 4.78 is 0. The Morgan fingerprint density at radius 2 is 1.68 bits per heavy atom. The second kappa shape index (κ2) is 7.66. The van der Waals surface area contributed by atoms with Gasteiger partial charge < -0.3 is 10.2 Å². The summed E-state index contributed by atoms with van der Waals surface area (Å²) in [6.07, 6.45) is 2.50. The van der Waals surface area contributed by atoms with Crippen LogP contribution in [-0.4, -0.2) is 30.6 Å². The Morgan fingerprint density at radius 3 is 2.26 bits per heavy atom. The average molecular weight is 262 g/mol. The molecule has 0 amide bonds. The van der Waals surface area contributed by atoms with E-state index in [-0.39, 0.29) is 5.54 Å². The van der Waals surface area contributed by atoms with Crippen LogP contribution in [0.5, 0.6) is 0 Å². The fraction of sp³-hybridized carbons (Fsp3) is 0.647. The van der Waals surface area contributed by atoms with Crippen LogP contribution >= 0.6 is 0 Å². The normalized spacial score (nSPS) is 12.1. The molecule has 1 rings (SSSR count). The summed E-state index contributed by atoms with van der Waals surface area (Å²) in [5.74, 6) is 0. The van der Waals surface area contributed by atoms with Crippen molar-refractivity contribution in [3.63, 3.8) is 0 Å². The molecular formula is C17H30N2. The summed E-state index contributed by atoms with van der Waals surface area (Å²) in [5.41, 5.74) is 2.98. The molecule has 2 heteroatoms. The minimum absolute atomic E-state index is 0.244. The fourth-order valence-electron chi connectivity index (χ4n) is 2.05. The standard InChI is InChI=1S/C17H30N2/c1-15-8-10-16(11-9-15)14-19(5)13-7-6-12-18-17(2,3)4/h8-11,18H,6-7,12-14H2,1-5H3. The van der Waals surface area contributed by atoms with Gasteiger partial charge in [0.2, 0.25) is 0 Å². The number of aryl methyl sites for hydroxylation is 1. The molecule has 0 aliphatic carbocycles. The molecule has 0 unspecified atom stereocenters. The Labute approximate surface area is 119 Å². The quantitative estimate of drug-likeness (QED) is 0.755. The Morgan fingerprint density at radius 1 is 1.05 bits per heavy atom. The number of nitrogens with zero attached hydrogens (tertiary/aromatic N) is 1. The van der Waals surface area contributed by atoms with Gasteiger partial charge in [-0.25, -0.2) is 0 Å². The number of benzene rings is 1. The van der Waals surface area contributed by atoms with Crippen LogP contribution in [-0.2, 0) is 6.54 Å². The minimum Gasteiger partial charge on any atom is -0.312 e. The Bertz CT molecular complexity index is 349. The molecular weight excluding hydrogens is 232 g/mol. The van der Waals surface area contributed by atoms with Gasteiger partial charge in [-0.05, 0) is 66.2 Å². The van der Waals surface area contributed by atoms with E-state index in [1.54, 1.807) is 0 Å². The van der Waals surface area contributed by atoms with E-state index >= 15 is 0 Å². The van der Waals surface area contributed by atoms with Gasteiger partial charge in [0, 0.05) is 12.1 Å². The third kappa shape index (κ3) is 8.02. The summed E-state index contributed by atoms with van der Waals surface area (Å²) in [7, 11) is 2.21. The first-order valence-electron chi connectivity index (χ1n) is 7.36. The van der Waals surface area contributed by atoms with Gasteiger partial charge >= 0.3 is 0 Å². The molecule has 2 nitrogen and oxygen atoms in total. The van der Waals surface area contributed by atoms with Crippen LogP contribution in [0, 0.1) is 6.92 Å². The van der Waals surface area contributed by atoms with Crippen LogP contribution in [0.25, 0.3) is 0 Å². The first-order valence-corrected chi connectivity index (χ1v) is 7.36. The van der Waals surface area contributed by atoms with Crippen molar-refractivity contribution >= 4 is 0 Å². The lowest BCUT2D eigenvalue weighted by Crippen LogP contribution is -2.36. The minimum atomic E-state index is 0.244. The highest BCUT2D eigenvalue weighted by atomic mass is 15.1. The van der Waals surface area contributed by atoms with Crippen molar-refractivity contribution in [3.05, 3.63) is 35.4 Å². The van der Waals surface area contributed by atoms with E-state index in [2.05, 4.69) is 69.2 Å². The molecule has 0 bridgehead atoms. The Kier molecular flexibility index (Phi) is 6.53. The van der Waals surface area contributed by atoms with Crippen LogP contribution < -0.4 is 5.32 Å². The van der Waals surface area contributed by atoms with Crippen molar-refractivity contribution in [1.29, 1.82) is 0 Å². The topological polar surface area (TPSA) is 15.3 Å². The molecule has 0 atom stereocenters. The molecule has 108 valence electrons. The maximum absolute atomic E-state index is 3.53. The maximum atomic E-state index is 3.53. The maximum Gasteiger partial charge on any atom is 0.0230 e. The summed E-state index contributed by atoms with van der Waals surface area (Å²) in [6, 6.07) is 8.84. The zero-order valence-corrected chi connectivity index (χ0v) is 13.3. The van der Waals surface area contributed by atoms with Crippen molar-refractivity contribution < 1.29 is 0 Å². The number of hydrogen-bond acceptors (Lipinski definition) is 2. The molecule has 0 spiro atoms. The largest absolute Gasteiger partial charge is 0.312 e. The second-order valence-corrected chi connectivity index (χ2v) is 6.61. The van der Waals surface area contributed by atoms with E-state index in [1.165, 1.54) is 30.5 Å². The number of nitrogens with one attached hydrogen (secondary N) is 1. The van der Waals surface area contributed by atoms with Crippen LogP contribution in [0.2, 0.25) is 0 Å². The molecule has 0 aliphatic rings. The average Bonchev–Trinajstić information content (AvgIpc) is 2.30. The summed E-state index contributed by atoms with van der Waals surface area (Å²) in [6.45, 7) is 12.1. The lowest BCUT2D eigenvalue weighted by atomic mass is 10.1. The molecule has 1 aromatic carbocycles. The highest BCUT2D eigenvalue weighted by molar-refractivity contribution is 5.21. The van der Waals surface area contributed by atoms with Gasteiger partial charge in [0.1, 0.15) is 0 Å². The van der Waals surface area contributed by atoms with Crippen LogP contribution in [0.1, 0.15) is 44.7 Å². The number of unbranched alkanes of at least 4 members (excludes halogenated alkanes) is 1. The predicted molar refractivity (Wildman–Crippen MR) is 84.5 cm³/mol. The first-order chi connectivity index (χ1) is 8.87. The van der Waals surface area contributed by atoms with E-state index in [0.29, 0.717) is 0 Å². The highest BCUT2D eigenvalue weighted by Gasteiger charge is 2.07. The van der Waals surface area contributed by atoms with Crippen LogP contribution in [0.15, 0.2) is 24.3 Å². The second-order valence-electron chi connectivity index (χ2n) is 6.61. The fourth-order valence-corrected chi connectivity index (χ4v) is 2.05. The highest BCUT2D eigenvalue weighted by Crippen LogP contribution is 2.06. The molecule has 1 aromatic rings. The summed E-state index contributed by atoms with van der Waals surface area (Å²) >= 11 is 0. The summed E-state index contributed by atoms with van der Waals surface area (Å²) in [4.78, 5) is 2.40. The van der Waals surface area contributed by atoms with Gasteiger partial charge in [-0.1, -0.05) is 29.8 Å². The van der Waals surface area contributed by atoms with Gasteiger partial charge in [-0.2, -0.15) is 0 Å².